The van der Waals surface area contributed by atoms with Crippen molar-refractivity contribution in [3.8, 4) is 5.75 Å². The van der Waals surface area contributed by atoms with Gasteiger partial charge in [0.25, 0.3) is 5.91 Å². The summed E-state index contributed by atoms with van der Waals surface area (Å²) >= 11 is 0. The first kappa shape index (κ1) is 24.1. The zero-order chi connectivity index (χ0) is 25.9. The monoisotopic (exact) mass is 500 g/mol. The lowest BCUT2D eigenvalue weighted by Gasteiger charge is -2.38. The zero-order valence-corrected chi connectivity index (χ0v) is 21.6. The van der Waals surface area contributed by atoms with Crippen molar-refractivity contribution in [3.05, 3.63) is 138 Å². The fourth-order valence-corrected chi connectivity index (χ4v) is 5.85. The Kier molecular flexibility index (Phi) is 6.70. The standard InChI is InChI=1S/C34H32N2O2/c1-2-36(26-14-7-4-8-15-26)34(37)25-20-21-31-30(22-25)27-17-11-18-28(27)33(35-31)29-16-9-10-19-32(29)38-23-24-12-5-3-6-13-24/h3-17,19-22,27-28,33,35H,2,18,23H2,1H3. The van der Waals surface area contributed by atoms with Gasteiger partial charge in [0.15, 0.2) is 0 Å². The van der Waals surface area contributed by atoms with Crippen LogP contribution in [-0.2, 0) is 6.61 Å². The van der Waals surface area contributed by atoms with Crippen LogP contribution in [0, 0.1) is 5.92 Å². The number of allylic oxidation sites excluding steroid dienone is 2. The van der Waals surface area contributed by atoms with E-state index in [1.807, 2.05) is 72.5 Å². The van der Waals surface area contributed by atoms with Gasteiger partial charge in [0.05, 0.1) is 6.04 Å². The summed E-state index contributed by atoms with van der Waals surface area (Å²) in [5.74, 6) is 1.54. The highest BCUT2D eigenvalue weighted by atomic mass is 16.5. The molecule has 3 unspecified atom stereocenters. The van der Waals surface area contributed by atoms with Gasteiger partial charge in [0.1, 0.15) is 12.4 Å². The lowest BCUT2D eigenvalue weighted by Crippen LogP contribution is -2.32. The molecular formula is C34H32N2O2. The smallest absolute Gasteiger partial charge is 0.258 e. The molecule has 0 saturated carbocycles. The molecule has 190 valence electrons. The average molecular weight is 501 g/mol. The van der Waals surface area contributed by atoms with E-state index in [4.69, 9.17) is 4.74 Å². The molecule has 0 aromatic heterocycles. The lowest BCUT2D eigenvalue weighted by atomic mass is 9.76. The highest BCUT2D eigenvalue weighted by molar-refractivity contribution is 6.06. The van der Waals surface area contributed by atoms with Gasteiger partial charge in [0, 0.05) is 35.0 Å². The number of fused-ring (bicyclic) bond motifs is 3. The molecule has 0 fully saturated rings. The molecular weight excluding hydrogens is 468 g/mol. The molecule has 1 aliphatic heterocycles. The summed E-state index contributed by atoms with van der Waals surface area (Å²) in [6.45, 7) is 3.17. The third kappa shape index (κ3) is 4.58. The molecule has 38 heavy (non-hydrogen) atoms. The number of ether oxygens (including phenoxy) is 1. The number of carbonyl (C=O) groups excluding carboxylic acids is 1. The van der Waals surface area contributed by atoms with Crippen molar-refractivity contribution in [2.45, 2.75) is 31.9 Å². The number of hydrogen-bond donors (Lipinski definition) is 1. The summed E-state index contributed by atoms with van der Waals surface area (Å²) in [4.78, 5) is 15.4. The first-order chi connectivity index (χ1) is 18.7. The number of rotatable bonds is 7. The molecule has 6 rings (SSSR count). The Bertz CT molecular complexity index is 1450. The van der Waals surface area contributed by atoms with Crippen LogP contribution in [0.15, 0.2) is 115 Å². The van der Waals surface area contributed by atoms with Crippen molar-refractivity contribution in [2.24, 2.45) is 5.92 Å². The van der Waals surface area contributed by atoms with Crippen molar-refractivity contribution >= 4 is 17.3 Å². The van der Waals surface area contributed by atoms with E-state index in [2.05, 4.69) is 59.9 Å². The summed E-state index contributed by atoms with van der Waals surface area (Å²) in [5.41, 5.74) is 6.24. The maximum Gasteiger partial charge on any atom is 0.258 e. The minimum atomic E-state index is 0.0295. The van der Waals surface area contributed by atoms with E-state index in [9.17, 15) is 4.79 Å². The summed E-state index contributed by atoms with van der Waals surface area (Å²) in [7, 11) is 0. The number of hydrogen-bond acceptors (Lipinski definition) is 3. The second kappa shape index (κ2) is 10.6. The van der Waals surface area contributed by atoms with Crippen LogP contribution in [0.2, 0.25) is 0 Å². The molecule has 4 heteroatoms. The molecule has 0 bridgehead atoms. The highest BCUT2D eigenvalue weighted by Crippen LogP contribution is 2.51. The number of benzene rings is 4. The molecule has 0 radical (unpaired) electrons. The van der Waals surface area contributed by atoms with Crippen LogP contribution < -0.4 is 15.0 Å². The number of nitrogens with zero attached hydrogens (tertiary/aromatic N) is 1. The Morgan fingerprint density at radius 3 is 2.42 bits per heavy atom. The second-order valence-electron chi connectivity index (χ2n) is 9.97. The third-order valence-electron chi connectivity index (χ3n) is 7.73. The van der Waals surface area contributed by atoms with Gasteiger partial charge in [-0.2, -0.15) is 0 Å². The quantitative estimate of drug-likeness (QED) is 0.264. The van der Waals surface area contributed by atoms with Gasteiger partial charge in [-0.1, -0.05) is 78.9 Å². The van der Waals surface area contributed by atoms with Gasteiger partial charge in [0.2, 0.25) is 0 Å². The fourth-order valence-electron chi connectivity index (χ4n) is 5.85. The van der Waals surface area contributed by atoms with E-state index in [0.717, 1.165) is 34.7 Å². The molecule has 1 amide bonds. The molecule has 4 nitrogen and oxygen atoms in total. The van der Waals surface area contributed by atoms with Crippen LogP contribution in [0.4, 0.5) is 11.4 Å². The van der Waals surface area contributed by atoms with E-state index in [-0.39, 0.29) is 17.9 Å². The Labute approximate surface area is 224 Å². The van der Waals surface area contributed by atoms with Crippen molar-refractivity contribution in [2.75, 3.05) is 16.8 Å². The van der Waals surface area contributed by atoms with Crippen molar-refractivity contribution in [1.82, 2.24) is 0 Å². The molecule has 1 heterocycles. The van der Waals surface area contributed by atoms with E-state index in [1.165, 1.54) is 11.1 Å². The molecule has 1 aliphatic carbocycles. The zero-order valence-electron chi connectivity index (χ0n) is 21.6. The first-order valence-corrected chi connectivity index (χ1v) is 13.4. The average Bonchev–Trinajstić information content (AvgIpc) is 3.48. The second-order valence-corrected chi connectivity index (χ2v) is 9.97. The molecule has 0 saturated heterocycles. The van der Waals surface area contributed by atoms with Crippen LogP contribution in [0.5, 0.6) is 5.75 Å². The minimum absolute atomic E-state index is 0.0295. The molecule has 0 spiro atoms. The van der Waals surface area contributed by atoms with E-state index >= 15 is 0 Å². The topological polar surface area (TPSA) is 41.6 Å². The minimum Gasteiger partial charge on any atom is -0.489 e. The maximum atomic E-state index is 13.5. The van der Waals surface area contributed by atoms with Gasteiger partial charge < -0.3 is 15.0 Å². The molecule has 3 atom stereocenters. The Morgan fingerprint density at radius 1 is 0.895 bits per heavy atom. The number of carbonyl (C=O) groups is 1. The fraction of sp³-hybridized carbons (Fsp3) is 0.206. The van der Waals surface area contributed by atoms with Crippen molar-refractivity contribution in [1.29, 1.82) is 0 Å². The first-order valence-electron chi connectivity index (χ1n) is 13.4. The maximum absolute atomic E-state index is 13.5. The molecule has 4 aromatic carbocycles. The van der Waals surface area contributed by atoms with Gasteiger partial charge in [-0.05, 0) is 66.8 Å². The van der Waals surface area contributed by atoms with Crippen LogP contribution in [0.1, 0.15) is 52.4 Å². The Balaban J connectivity index is 1.29. The van der Waals surface area contributed by atoms with Gasteiger partial charge >= 0.3 is 0 Å². The third-order valence-corrected chi connectivity index (χ3v) is 7.73. The van der Waals surface area contributed by atoms with E-state index in [0.29, 0.717) is 19.1 Å². The van der Waals surface area contributed by atoms with Gasteiger partial charge in [-0.15, -0.1) is 0 Å². The Morgan fingerprint density at radius 2 is 1.63 bits per heavy atom. The summed E-state index contributed by atoms with van der Waals surface area (Å²) in [5, 5.41) is 3.82. The molecule has 1 N–H and O–H groups in total. The number of amides is 1. The van der Waals surface area contributed by atoms with E-state index < -0.39 is 0 Å². The summed E-state index contributed by atoms with van der Waals surface area (Å²) in [6.07, 6.45) is 5.58. The van der Waals surface area contributed by atoms with Crippen molar-refractivity contribution in [3.63, 3.8) is 0 Å². The van der Waals surface area contributed by atoms with Crippen molar-refractivity contribution < 1.29 is 9.53 Å². The normalized spacial score (nSPS) is 19.2. The van der Waals surface area contributed by atoms with Crippen LogP contribution in [-0.4, -0.2) is 12.5 Å². The highest BCUT2D eigenvalue weighted by Gasteiger charge is 2.39. The molecule has 4 aromatic rings. The number of nitrogens with one attached hydrogen (secondary N) is 1. The molecule has 2 aliphatic rings. The van der Waals surface area contributed by atoms with Crippen LogP contribution >= 0.6 is 0 Å². The van der Waals surface area contributed by atoms with Gasteiger partial charge in [-0.3, -0.25) is 4.79 Å². The van der Waals surface area contributed by atoms with Gasteiger partial charge in [-0.25, -0.2) is 0 Å². The van der Waals surface area contributed by atoms with Crippen LogP contribution in [0.25, 0.3) is 0 Å². The lowest BCUT2D eigenvalue weighted by molar-refractivity contribution is 0.0988. The SMILES string of the molecule is CCN(C(=O)c1ccc2c(c1)C1C=CCC1C(c1ccccc1OCc1ccccc1)N2)c1ccccc1. The number of anilines is 2. The van der Waals surface area contributed by atoms with E-state index in [1.54, 1.807) is 0 Å². The summed E-state index contributed by atoms with van der Waals surface area (Å²) in [6, 6.07) is 34.8. The predicted molar refractivity (Wildman–Crippen MR) is 154 cm³/mol. The largest absolute Gasteiger partial charge is 0.489 e. The predicted octanol–water partition coefficient (Wildman–Crippen LogP) is 7.76. The Hall–Kier alpha value is -4.31. The van der Waals surface area contributed by atoms with Crippen LogP contribution in [0.3, 0.4) is 0 Å². The summed E-state index contributed by atoms with van der Waals surface area (Å²) < 4.78 is 6.33. The number of para-hydroxylation sites is 2.